The van der Waals surface area contributed by atoms with E-state index < -0.39 is 10.4 Å². The van der Waals surface area contributed by atoms with Gasteiger partial charge in [0.05, 0.1) is 26.8 Å². The number of aryl methyl sites for hydroxylation is 1. The number of rotatable bonds is 2. The van der Waals surface area contributed by atoms with Gasteiger partial charge in [0.15, 0.2) is 0 Å². The standard InChI is InChI=1S/C15H24N3.H2O4S/c1-12-11-13(8-9-14(12)18(3,4)5)16-15-7-6-10-17(15)2;1-5(2,3)4/h8-9,11H,6-7,10H2,1-5H3;(H2,1,2,3,4)/q+1;/p-1. The van der Waals surface area contributed by atoms with Gasteiger partial charge in [-0.05, 0) is 25.5 Å². The Bertz CT molecular complexity index is 670. The number of amidine groups is 1. The molecule has 1 aliphatic rings. The Morgan fingerprint density at radius 1 is 1.30 bits per heavy atom. The van der Waals surface area contributed by atoms with Crippen LogP contribution in [0.4, 0.5) is 11.4 Å². The van der Waals surface area contributed by atoms with Gasteiger partial charge < -0.3 is 9.45 Å². The molecule has 1 saturated heterocycles. The van der Waals surface area contributed by atoms with Crippen LogP contribution in [0.3, 0.4) is 0 Å². The second-order valence-corrected chi connectivity index (χ2v) is 7.32. The van der Waals surface area contributed by atoms with E-state index in [2.05, 4.69) is 58.2 Å². The van der Waals surface area contributed by atoms with Crippen LogP contribution >= 0.6 is 0 Å². The van der Waals surface area contributed by atoms with Gasteiger partial charge in [-0.3, -0.25) is 9.04 Å². The van der Waals surface area contributed by atoms with Gasteiger partial charge in [0.25, 0.3) is 0 Å². The highest BCUT2D eigenvalue weighted by Gasteiger charge is 2.17. The lowest BCUT2D eigenvalue weighted by Gasteiger charge is -2.25. The maximum atomic E-state index is 8.63. The number of nitrogens with zero attached hydrogens (tertiary/aromatic N) is 3. The molecule has 1 aromatic rings. The molecule has 130 valence electrons. The van der Waals surface area contributed by atoms with Gasteiger partial charge in [-0.15, -0.1) is 0 Å². The first-order valence-electron chi connectivity index (χ1n) is 7.27. The van der Waals surface area contributed by atoms with Crippen molar-refractivity contribution in [1.82, 2.24) is 9.38 Å². The van der Waals surface area contributed by atoms with E-state index in [1.165, 1.54) is 23.5 Å². The van der Waals surface area contributed by atoms with Crippen molar-refractivity contribution in [3.05, 3.63) is 23.8 Å². The average molecular weight is 343 g/mol. The van der Waals surface area contributed by atoms with Crippen molar-refractivity contribution >= 4 is 27.6 Å². The van der Waals surface area contributed by atoms with E-state index in [1.54, 1.807) is 0 Å². The fourth-order valence-electron chi connectivity index (χ4n) is 2.55. The zero-order valence-corrected chi connectivity index (χ0v) is 15.1. The molecular weight excluding hydrogens is 318 g/mol. The zero-order valence-electron chi connectivity index (χ0n) is 14.3. The van der Waals surface area contributed by atoms with Crippen molar-refractivity contribution < 1.29 is 17.5 Å². The minimum Gasteiger partial charge on any atom is -0.726 e. The molecule has 8 heteroatoms. The number of benzene rings is 1. The molecule has 0 saturated carbocycles. The Labute approximate surface area is 138 Å². The molecule has 0 amide bonds. The number of hydrogen-bond acceptors (Lipinski definition) is 4. The summed E-state index contributed by atoms with van der Waals surface area (Å²) in [5.74, 6) is 1.22. The highest BCUT2D eigenvalue weighted by molar-refractivity contribution is 7.79. The molecule has 1 heterocycles. The largest absolute Gasteiger partial charge is 0.726 e. The smallest absolute Gasteiger partial charge is 0.215 e. The molecule has 1 aromatic carbocycles. The lowest BCUT2D eigenvalue weighted by Crippen LogP contribution is -2.35. The third-order valence-corrected chi connectivity index (χ3v) is 3.50. The highest BCUT2D eigenvalue weighted by atomic mass is 32.3. The summed E-state index contributed by atoms with van der Waals surface area (Å²) in [6.07, 6.45) is 2.33. The molecule has 7 nitrogen and oxygen atoms in total. The van der Waals surface area contributed by atoms with Crippen LogP contribution in [0.1, 0.15) is 18.4 Å². The summed E-state index contributed by atoms with van der Waals surface area (Å²) in [4.78, 5) is 7.01. The van der Waals surface area contributed by atoms with Gasteiger partial charge in [-0.1, -0.05) is 0 Å². The summed E-state index contributed by atoms with van der Waals surface area (Å²) < 4.78 is 33.7. The van der Waals surface area contributed by atoms with Crippen LogP contribution in [0.25, 0.3) is 0 Å². The quantitative estimate of drug-likeness (QED) is 0.503. The summed E-state index contributed by atoms with van der Waals surface area (Å²) in [6.45, 7) is 3.30. The highest BCUT2D eigenvalue weighted by Crippen LogP contribution is 2.27. The zero-order chi connectivity index (χ0) is 17.8. The van der Waals surface area contributed by atoms with E-state index >= 15 is 0 Å². The fraction of sp³-hybridized carbons (Fsp3) is 0.533. The molecule has 0 bridgehead atoms. The number of aliphatic imine (C=N–C) groups is 1. The molecule has 1 fully saturated rings. The molecule has 0 unspecified atom stereocenters. The van der Waals surface area contributed by atoms with Crippen LogP contribution in [0.5, 0.6) is 0 Å². The summed E-state index contributed by atoms with van der Waals surface area (Å²) in [7, 11) is 3.79. The predicted molar refractivity (Wildman–Crippen MR) is 92.0 cm³/mol. The van der Waals surface area contributed by atoms with Crippen LogP contribution in [-0.4, -0.2) is 63.0 Å². The second kappa shape index (κ2) is 7.39. The molecule has 1 aliphatic heterocycles. The van der Waals surface area contributed by atoms with Crippen molar-refractivity contribution in [3.63, 3.8) is 0 Å². The van der Waals surface area contributed by atoms with Crippen molar-refractivity contribution in [3.8, 4) is 0 Å². The van der Waals surface area contributed by atoms with Crippen LogP contribution in [-0.2, 0) is 10.4 Å². The van der Waals surface area contributed by atoms with E-state index in [0.717, 1.165) is 23.1 Å². The Morgan fingerprint density at radius 2 is 1.87 bits per heavy atom. The molecule has 0 aromatic heterocycles. The molecular formula is C15H25N3O4S. The normalized spacial score (nSPS) is 17.2. The number of likely N-dealkylation sites (tertiary alicyclic amines) is 1. The van der Waals surface area contributed by atoms with Gasteiger partial charge in [0, 0.05) is 31.6 Å². The van der Waals surface area contributed by atoms with Crippen molar-refractivity contribution in [2.75, 3.05) is 34.7 Å². The topological polar surface area (TPSA) is 93.0 Å². The van der Waals surface area contributed by atoms with Crippen LogP contribution in [0.15, 0.2) is 23.2 Å². The van der Waals surface area contributed by atoms with E-state index in [4.69, 9.17) is 22.5 Å². The van der Waals surface area contributed by atoms with Crippen molar-refractivity contribution in [1.29, 1.82) is 0 Å². The molecule has 0 atom stereocenters. The first-order chi connectivity index (χ1) is 10.4. The van der Waals surface area contributed by atoms with Crippen LogP contribution in [0.2, 0.25) is 0 Å². The minimum absolute atomic E-state index is 0.850. The first-order valence-corrected chi connectivity index (χ1v) is 8.64. The second-order valence-electron chi connectivity index (χ2n) is 6.46. The van der Waals surface area contributed by atoms with E-state index in [-0.39, 0.29) is 0 Å². The van der Waals surface area contributed by atoms with Crippen molar-refractivity contribution in [2.24, 2.45) is 4.99 Å². The van der Waals surface area contributed by atoms with Gasteiger partial charge in [-0.2, -0.15) is 0 Å². The molecule has 0 aliphatic carbocycles. The molecule has 23 heavy (non-hydrogen) atoms. The third kappa shape index (κ3) is 7.08. The summed E-state index contributed by atoms with van der Waals surface area (Å²) in [6, 6.07) is 6.52. The van der Waals surface area contributed by atoms with Gasteiger partial charge >= 0.3 is 0 Å². The van der Waals surface area contributed by atoms with E-state index in [1.807, 2.05) is 0 Å². The summed E-state index contributed by atoms with van der Waals surface area (Å²) in [5, 5.41) is 0. The van der Waals surface area contributed by atoms with Crippen molar-refractivity contribution in [2.45, 2.75) is 19.8 Å². The first kappa shape index (κ1) is 19.6. The van der Waals surface area contributed by atoms with E-state index in [9.17, 15) is 0 Å². The Balaban J connectivity index is 0.000000463. The Kier molecular flexibility index (Phi) is 6.29. The lowest BCUT2D eigenvalue weighted by molar-refractivity contribution is 0.366. The van der Waals surface area contributed by atoms with E-state index in [0.29, 0.717) is 0 Å². The SMILES string of the molecule is Cc1cc(N=C2CCCN2C)ccc1[N+](C)(C)C.O=S(=O)([O-])O. The summed E-state index contributed by atoms with van der Waals surface area (Å²) in [5.41, 5.74) is 3.73. The third-order valence-electron chi connectivity index (χ3n) is 3.50. The maximum Gasteiger partial charge on any atom is 0.215 e. The minimum atomic E-state index is -4.92. The fourth-order valence-corrected chi connectivity index (χ4v) is 2.55. The molecule has 0 spiro atoms. The monoisotopic (exact) mass is 343 g/mol. The predicted octanol–water partition coefficient (Wildman–Crippen LogP) is 1.95. The summed E-state index contributed by atoms with van der Waals surface area (Å²) >= 11 is 0. The molecule has 1 N–H and O–H groups in total. The van der Waals surface area contributed by atoms with Crippen LogP contribution < -0.4 is 4.48 Å². The van der Waals surface area contributed by atoms with Gasteiger partial charge in [0.2, 0.25) is 10.4 Å². The molecule has 0 radical (unpaired) electrons. The molecule has 2 rings (SSSR count). The Hall–Kier alpha value is -1.48. The average Bonchev–Trinajstić information content (AvgIpc) is 2.71. The Morgan fingerprint density at radius 3 is 2.26 bits per heavy atom. The van der Waals surface area contributed by atoms with Gasteiger partial charge in [0.1, 0.15) is 11.5 Å². The van der Waals surface area contributed by atoms with Gasteiger partial charge in [-0.25, -0.2) is 13.4 Å². The maximum absolute atomic E-state index is 8.63. The lowest BCUT2D eigenvalue weighted by atomic mass is 10.1. The number of quaternary nitrogens is 1. The number of hydrogen-bond donors (Lipinski definition) is 1. The van der Waals surface area contributed by atoms with Crippen LogP contribution in [0, 0.1) is 6.92 Å².